The number of anilines is 1. The summed E-state index contributed by atoms with van der Waals surface area (Å²) in [6.45, 7) is 9.30. The molecule has 2 rings (SSSR count). The van der Waals surface area contributed by atoms with Gasteiger partial charge in [0.15, 0.2) is 0 Å². The molecule has 2 aromatic carbocycles. The smallest absolute Gasteiger partial charge is 0.120 e. The molecule has 21 heavy (non-hydrogen) atoms. The molecule has 0 saturated heterocycles. The van der Waals surface area contributed by atoms with E-state index in [2.05, 4.69) is 63.3 Å². The van der Waals surface area contributed by atoms with E-state index in [1.54, 1.807) is 0 Å². The van der Waals surface area contributed by atoms with Gasteiger partial charge in [-0.3, -0.25) is 0 Å². The lowest BCUT2D eigenvalue weighted by molar-refractivity contribution is 0.210. The average Bonchev–Trinajstić information content (AvgIpc) is 2.46. The molecule has 1 atom stereocenters. The van der Waals surface area contributed by atoms with Gasteiger partial charge in [0, 0.05) is 5.69 Å². The topological polar surface area (TPSA) is 21.3 Å². The van der Waals surface area contributed by atoms with Crippen molar-refractivity contribution in [2.45, 2.75) is 40.2 Å². The molecule has 0 aromatic heterocycles. The van der Waals surface area contributed by atoms with Crippen molar-refractivity contribution in [2.24, 2.45) is 0 Å². The summed E-state index contributed by atoms with van der Waals surface area (Å²) in [7, 11) is 0. The van der Waals surface area contributed by atoms with Gasteiger partial charge in [-0.2, -0.15) is 0 Å². The first kappa shape index (κ1) is 15.4. The maximum absolute atomic E-state index is 6.07. The summed E-state index contributed by atoms with van der Waals surface area (Å²) in [5.41, 5.74) is 4.97. The summed E-state index contributed by atoms with van der Waals surface area (Å²) >= 11 is 0. The lowest BCUT2D eigenvalue weighted by Crippen LogP contribution is -2.25. The monoisotopic (exact) mass is 283 g/mol. The minimum atomic E-state index is 0.173. The van der Waals surface area contributed by atoms with Crippen molar-refractivity contribution in [1.29, 1.82) is 0 Å². The Hall–Kier alpha value is -1.96. The lowest BCUT2D eigenvalue weighted by atomic mass is 10.1. The zero-order valence-electron chi connectivity index (χ0n) is 13.4. The van der Waals surface area contributed by atoms with Crippen molar-refractivity contribution < 1.29 is 4.74 Å². The number of benzene rings is 2. The molecule has 0 spiro atoms. The first-order valence-electron chi connectivity index (χ1n) is 7.63. The summed E-state index contributed by atoms with van der Waals surface area (Å²) in [6, 6.07) is 14.7. The fraction of sp³-hybridized carbons (Fsp3) is 0.368. The minimum absolute atomic E-state index is 0.173. The van der Waals surface area contributed by atoms with E-state index in [4.69, 9.17) is 4.74 Å². The van der Waals surface area contributed by atoms with E-state index in [0.29, 0.717) is 0 Å². The van der Waals surface area contributed by atoms with E-state index in [0.717, 1.165) is 18.7 Å². The largest absolute Gasteiger partial charge is 0.489 e. The molecule has 0 radical (unpaired) electrons. The summed E-state index contributed by atoms with van der Waals surface area (Å²) in [6.07, 6.45) is 1.15. The van der Waals surface area contributed by atoms with Crippen LogP contribution in [0.15, 0.2) is 42.5 Å². The molecule has 112 valence electrons. The van der Waals surface area contributed by atoms with Gasteiger partial charge >= 0.3 is 0 Å². The standard InChI is InChI=1S/C19H25NO/c1-5-17(21-18-8-6-7-14(2)11-18)13-20-19-12-15(3)9-10-16(19)4/h6-12,17,20H,5,13H2,1-4H3/t17-/m0/s1. The van der Waals surface area contributed by atoms with Gasteiger partial charge in [-0.15, -0.1) is 0 Å². The Labute approximate surface area is 128 Å². The van der Waals surface area contributed by atoms with Gasteiger partial charge in [-0.05, 0) is 62.1 Å². The van der Waals surface area contributed by atoms with E-state index in [-0.39, 0.29) is 6.10 Å². The molecule has 0 aliphatic rings. The van der Waals surface area contributed by atoms with Crippen LogP contribution in [0.4, 0.5) is 5.69 Å². The molecule has 2 aromatic rings. The van der Waals surface area contributed by atoms with Crippen molar-refractivity contribution in [2.75, 3.05) is 11.9 Å². The van der Waals surface area contributed by atoms with Crippen LogP contribution in [0.2, 0.25) is 0 Å². The highest BCUT2D eigenvalue weighted by molar-refractivity contribution is 5.52. The Balaban J connectivity index is 1.98. The molecule has 0 bridgehead atoms. The van der Waals surface area contributed by atoms with Crippen LogP contribution in [0.3, 0.4) is 0 Å². The van der Waals surface area contributed by atoms with Crippen LogP contribution in [-0.4, -0.2) is 12.6 Å². The Morgan fingerprint density at radius 2 is 1.76 bits per heavy atom. The molecule has 2 nitrogen and oxygen atoms in total. The van der Waals surface area contributed by atoms with Crippen LogP contribution >= 0.6 is 0 Å². The quantitative estimate of drug-likeness (QED) is 0.815. The summed E-state index contributed by atoms with van der Waals surface area (Å²) in [5, 5.41) is 3.51. The van der Waals surface area contributed by atoms with E-state index in [1.165, 1.54) is 22.4 Å². The Morgan fingerprint density at radius 3 is 2.48 bits per heavy atom. The van der Waals surface area contributed by atoms with Crippen molar-refractivity contribution in [1.82, 2.24) is 0 Å². The van der Waals surface area contributed by atoms with Crippen LogP contribution in [0.1, 0.15) is 30.0 Å². The summed E-state index contributed by atoms with van der Waals surface area (Å²) in [5.74, 6) is 0.949. The lowest BCUT2D eigenvalue weighted by Gasteiger charge is -2.20. The van der Waals surface area contributed by atoms with E-state index < -0.39 is 0 Å². The van der Waals surface area contributed by atoms with Crippen LogP contribution in [-0.2, 0) is 0 Å². The highest BCUT2D eigenvalue weighted by atomic mass is 16.5. The molecule has 0 aliphatic carbocycles. The van der Waals surface area contributed by atoms with Gasteiger partial charge in [-0.1, -0.05) is 31.2 Å². The van der Waals surface area contributed by atoms with Crippen molar-refractivity contribution in [3.05, 3.63) is 59.2 Å². The van der Waals surface area contributed by atoms with Gasteiger partial charge < -0.3 is 10.1 Å². The maximum atomic E-state index is 6.07. The normalized spacial score (nSPS) is 12.0. The fourth-order valence-corrected chi connectivity index (χ4v) is 2.30. The molecular weight excluding hydrogens is 258 g/mol. The first-order valence-corrected chi connectivity index (χ1v) is 7.63. The predicted octanol–water partition coefficient (Wildman–Crippen LogP) is 4.88. The Bertz CT molecular complexity index is 592. The van der Waals surface area contributed by atoms with E-state index >= 15 is 0 Å². The third-order valence-electron chi connectivity index (χ3n) is 3.66. The number of hydrogen-bond acceptors (Lipinski definition) is 2. The predicted molar refractivity (Wildman–Crippen MR) is 90.3 cm³/mol. The van der Waals surface area contributed by atoms with Crippen LogP contribution in [0, 0.1) is 20.8 Å². The Morgan fingerprint density at radius 1 is 1.00 bits per heavy atom. The second kappa shape index (κ2) is 7.16. The van der Waals surface area contributed by atoms with Crippen molar-refractivity contribution >= 4 is 5.69 Å². The van der Waals surface area contributed by atoms with Gasteiger partial charge in [0.05, 0.1) is 6.54 Å². The third kappa shape index (κ3) is 4.52. The van der Waals surface area contributed by atoms with Gasteiger partial charge in [-0.25, -0.2) is 0 Å². The number of hydrogen-bond donors (Lipinski definition) is 1. The SMILES string of the molecule is CC[C@@H](CNc1cc(C)ccc1C)Oc1cccc(C)c1. The molecule has 2 heteroatoms. The van der Waals surface area contributed by atoms with Crippen molar-refractivity contribution in [3.8, 4) is 5.75 Å². The molecule has 0 amide bonds. The number of aryl methyl sites for hydroxylation is 3. The molecular formula is C19H25NO. The molecule has 0 heterocycles. The van der Waals surface area contributed by atoms with Crippen molar-refractivity contribution in [3.63, 3.8) is 0 Å². The summed E-state index contributed by atoms with van der Waals surface area (Å²) in [4.78, 5) is 0. The fourth-order valence-electron chi connectivity index (χ4n) is 2.30. The van der Waals surface area contributed by atoms with E-state index in [9.17, 15) is 0 Å². The van der Waals surface area contributed by atoms with Gasteiger partial charge in [0.1, 0.15) is 11.9 Å². The first-order chi connectivity index (χ1) is 10.1. The maximum Gasteiger partial charge on any atom is 0.120 e. The molecule has 0 saturated carbocycles. The van der Waals surface area contributed by atoms with Crippen LogP contribution in [0.25, 0.3) is 0 Å². The summed E-state index contributed by atoms with van der Waals surface area (Å²) < 4.78 is 6.07. The second-order valence-corrected chi connectivity index (χ2v) is 5.66. The number of ether oxygens (including phenoxy) is 1. The molecule has 0 unspecified atom stereocenters. The highest BCUT2D eigenvalue weighted by Gasteiger charge is 2.09. The molecule has 0 fully saturated rings. The Kier molecular flexibility index (Phi) is 5.26. The molecule has 1 N–H and O–H groups in total. The number of rotatable bonds is 6. The average molecular weight is 283 g/mol. The highest BCUT2D eigenvalue weighted by Crippen LogP contribution is 2.18. The minimum Gasteiger partial charge on any atom is -0.489 e. The molecule has 0 aliphatic heterocycles. The van der Waals surface area contributed by atoms with Gasteiger partial charge in [0.2, 0.25) is 0 Å². The second-order valence-electron chi connectivity index (χ2n) is 5.66. The zero-order valence-corrected chi connectivity index (χ0v) is 13.4. The zero-order chi connectivity index (χ0) is 15.2. The van der Waals surface area contributed by atoms with Gasteiger partial charge in [0.25, 0.3) is 0 Å². The number of nitrogens with one attached hydrogen (secondary N) is 1. The third-order valence-corrected chi connectivity index (χ3v) is 3.66. The van der Waals surface area contributed by atoms with E-state index in [1.807, 2.05) is 12.1 Å². The van der Waals surface area contributed by atoms with Crippen LogP contribution < -0.4 is 10.1 Å². The van der Waals surface area contributed by atoms with Crippen LogP contribution in [0.5, 0.6) is 5.75 Å².